The van der Waals surface area contributed by atoms with Gasteiger partial charge in [0.1, 0.15) is 11.9 Å². The van der Waals surface area contributed by atoms with Crippen LogP contribution in [-0.2, 0) is 0 Å². The van der Waals surface area contributed by atoms with Crippen LogP contribution in [0.2, 0.25) is 0 Å². The topological polar surface area (TPSA) is 47.4 Å². The van der Waals surface area contributed by atoms with Gasteiger partial charge in [0.15, 0.2) is 0 Å². The van der Waals surface area contributed by atoms with Crippen molar-refractivity contribution in [2.75, 3.05) is 13.1 Å². The van der Waals surface area contributed by atoms with Crippen LogP contribution in [0.4, 0.5) is 0 Å². The molecule has 1 aromatic heterocycles. The summed E-state index contributed by atoms with van der Waals surface area (Å²) in [4.78, 5) is 18.5. The van der Waals surface area contributed by atoms with E-state index in [9.17, 15) is 4.79 Å². The van der Waals surface area contributed by atoms with Crippen LogP contribution in [0.15, 0.2) is 41.5 Å². The van der Waals surface area contributed by atoms with E-state index < -0.39 is 0 Å². The first-order chi connectivity index (χ1) is 13.6. The highest BCUT2D eigenvalue weighted by Crippen LogP contribution is 2.28. The van der Waals surface area contributed by atoms with E-state index in [0.29, 0.717) is 6.10 Å². The number of nitrogens with zero attached hydrogens (tertiary/aromatic N) is 3. The minimum Gasteiger partial charge on any atom is -0.490 e. The van der Waals surface area contributed by atoms with Gasteiger partial charge in [0.05, 0.1) is 0 Å². The first-order valence-corrected chi connectivity index (χ1v) is 10.7. The van der Waals surface area contributed by atoms with Crippen molar-refractivity contribution in [1.29, 1.82) is 0 Å². The molecule has 1 saturated carbocycles. The smallest absolute Gasteiger partial charge is 0.347 e. The summed E-state index contributed by atoms with van der Waals surface area (Å²) in [5.41, 5.74) is 1.79. The molecule has 28 heavy (non-hydrogen) atoms. The highest BCUT2D eigenvalue weighted by Gasteiger charge is 2.27. The van der Waals surface area contributed by atoms with Gasteiger partial charge < -0.3 is 9.64 Å². The van der Waals surface area contributed by atoms with E-state index in [1.165, 1.54) is 25.7 Å². The highest BCUT2D eigenvalue weighted by atomic mass is 16.5. The number of ether oxygens (including phenoxy) is 1. The second kappa shape index (κ2) is 8.48. The molecule has 5 nitrogen and oxygen atoms in total. The predicted molar refractivity (Wildman–Crippen MR) is 112 cm³/mol. The Morgan fingerprint density at radius 3 is 2.32 bits per heavy atom. The molecule has 0 radical (unpaired) electrons. The SMILES string of the molecule is CC(C)n1cc(-c2ccc(OC3CCN(C4CCCC4)CC3)cc2)cnc1=O. The first-order valence-electron chi connectivity index (χ1n) is 10.7. The summed E-state index contributed by atoms with van der Waals surface area (Å²) in [6.07, 6.45) is 11.6. The van der Waals surface area contributed by atoms with Crippen molar-refractivity contribution in [2.45, 2.75) is 70.6 Å². The molecule has 1 aliphatic heterocycles. The van der Waals surface area contributed by atoms with Crippen molar-refractivity contribution in [3.8, 4) is 16.9 Å². The van der Waals surface area contributed by atoms with Crippen molar-refractivity contribution >= 4 is 0 Å². The number of piperidine rings is 1. The summed E-state index contributed by atoms with van der Waals surface area (Å²) in [5.74, 6) is 0.924. The Morgan fingerprint density at radius 2 is 1.68 bits per heavy atom. The number of hydrogen-bond acceptors (Lipinski definition) is 4. The lowest BCUT2D eigenvalue weighted by atomic mass is 10.0. The van der Waals surface area contributed by atoms with E-state index in [1.807, 2.05) is 32.2 Å². The minimum atomic E-state index is -0.206. The van der Waals surface area contributed by atoms with Crippen LogP contribution in [0.25, 0.3) is 11.1 Å². The number of aromatic nitrogens is 2. The number of rotatable bonds is 5. The van der Waals surface area contributed by atoms with Gasteiger partial charge >= 0.3 is 5.69 Å². The van der Waals surface area contributed by atoms with E-state index in [2.05, 4.69) is 22.0 Å². The third-order valence-corrected chi connectivity index (χ3v) is 6.18. The Labute approximate surface area is 167 Å². The largest absolute Gasteiger partial charge is 0.490 e. The lowest BCUT2D eigenvalue weighted by Gasteiger charge is -2.36. The maximum atomic E-state index is 11.9. The second-order valence-electron chi connectivity index (χ2n) is 8.44. The molecule has 0 unspecified atom stereocenters. The van der Waals surface area contributed by atoms with Crippen molar-refractivity contribution in [3.63, 3.8) is 0 Å². The molecule has 150 valence electrons. The Kier molecular flexibility index (Phi) is 5.81. The predicted octanol–water partition coefficient (Wildman–Crippen LogP) is 4.28. The minimum absolute atomic E-state index is 0.0951. The van der Waals surface area contributed by atoms with Crippen LogP contribution >= 0.6 is 0 Å². The molecular weight excluding hydrogens is 350 g/mol. The van der Waals surface area contributed by atoms with Crippen LogP contribution in [0, 0.1) is 0 Å². The lowest BCUT2D eigenvalue weighted by Crippen LogP contribution is -2.43. The van der Waals surface area contributed by atoms with Gasteiger partial charge in [-0.25, -0.2) is 9.78 Å². The fourth-order valence-corrected chi connectivity index (χ4v) is 4.50. The standard InChI is InChI=1S/C23H31N3O2/c1-17(2)26-16-19(15-24-23(26)27)18-7-9-21(10-8-18)28-22-11-13-25(14-12-22)20-5-3-4-6-20/h7-10,15-17,20,22H,3-6,11-14H2,1-2H3. The van der Waals surface area contributed by atoms with E-state index in [1.54, 1.807) is 10.8 Å². The fraction of sp³-hybridized carbons (Fsp3) is 0.565. The van der Waals surface area contributed by atoms with Gasteiger partial charge in [-0.2, -0.15) is 0 Å². The quantitative estimate of drug-likeness (QED) is 0.776. The molecule has 1 saturated heterocycles. The maximum Gasteiger partial charge on any atom is 0.347 e. The lowest BCUT2D eigenvalue weighted by molar-refractivity contribution is 0.0768. The van der Waals surface area contributed by atoms with Crippen molar-refractivity contribution in [3.05, 3.63) is 47.1 Å². The Balaban J connectivity index is 1.36. The Morgan fingerprint density at radius 1 is 1.00 bits per heavy atom. The molecular formula is C23H31N3O2. The molecule has 1 aromatic carbocycles. The van der Waals surface area contributed by atoms with Crippen LogP contribution in [0.1, 0.15) is 58.4 Å². The highest BCUT2D eigenvalue weighted by molar-refractivity contribution is 5.62. The zero-order valence-electron chi connectivity index (χ0n) is 17.0. The summed E-state index contributed by atoms with van der Waals surface area (Å²) < 4.78 is 7.91. The molecule has 0 atom stereocenters. The second-order valence-corrected chi connectivity index (χ2v) is 8.44. The van der Waals surface area contributed by atoms with E-state index >= 15 is 0 Å². The fourth-order valence-electron chi connectivity index (χ4n) is 4.50. The first kappa shape index (κ1) is 19.2. The van der Waals surface area contributed by atoms with Gasteiger partial charge in [0.2, 0.25) is 0 Å². The molecule has 0 N–H and O–H groups in total. The average molecular weight is 382 g/mol. The molecule has 2 fully saturated rings. The third kappa shape index (κ3) is 4.30. The summed E-state index contributed by atoms with van der Waals surface area (Å²) in [6.45, 7) is 6.30. The monoisotopic (exact) mass is 381 g/mol. The van der Waals surface area contributed by atoms with Crippen LogP contribution in [0.3, 0.4) is 0 Å². The molecule has 1 aliphatic carbocycles. The van der Waals surface area contributed by atoms with E-state index in [0.717, 1.165) is 48.8 Å². The molecule has 0 spiro atoms. The van der Waals surface area contributed by atoms with Crippen molar-refractivity contribution < 1.29 is 4.74 Å². The third-order valence-electron chi connectivity index (χ3n) is 6.18. The zero-order valence-corrected chi connectivity index (χ0v) is 17.0. The van der Waals surface area contributed by atoms with E-state index in [-0.39, 0.29) is 11.7 Å². The summed E-state index contributed by atoms with van der Waals surface area (Å²) in [5, 5.41) is 0. The van der Waals surface area contributed by atoms with Gasteiger partial charge in [-0.1, -0.05) is 25.0 Å². The molecule has 0 amide bonds. The molecule has 2 heterocycles. The van der Waals surface area contributed by atoms with Crippen LogP contribution in [-0.4, -0.2) is 39.7 Å². The maximum absolute atomic E-state index is 11.9. The summed E-state index contributed by atoms with van der Waals surface area (Å²) in [7, 11) is 0. The number of hydrogen-bond donors (Lipinski definition) is 0. The summed E-state index contributed by atoms with van der Waals surface area (Å²) in [6, 6.07) is 9.08. The zero-order chi connectivity index (χ0) is 19.5. The Hall–Kier alpha value is -2.14. The average Bonchev–Trinajstić information content (AvgIpc) is 3.24. The van der Waals surface area contributed by atoms with Crippen molar-refractivity contribution in [2.24, 2.45) is 0 Å². The van der Waals surface area contributed by atoms with E-state index in [4.69, 9.17) is 4.74 Å². The molecule has 2 aromatic rings. The molecule has 2 aliphatic rings. The molecule has 5 heteroatoms. The normalized spacial score (nSPS) is 19.4. The van der Waals surface area contributed by atoms with Gasteiger partial charge in [0.25, 0.3) is 0 Å². The van der Waals surface area contributed by atoms with Crippen molar-refractivity contribution in [1.82, 2.24) is 14.5 Å². The van der Waals surface area contributed by atoms with Crippen LogP contribution in [0.5, 0.6) is 5.75 Å². The number of likely N-dealkylation sites (tertiary alicyclic amines) is 1. The van der Waals surface area contributed by atoms with Crippen LogP contribution < -0.4 is 10.4 Å². The number of benzene rings is 1. The molecule has 0 bridgehead atoms. The van der Waals surface area contributed by atoms with Gasteiger partial charge in [-0.15, -0.1) is 0 Å². The van der Waals surface area contributed by atoms with Gasteiger partial charge in [0, 0.05) is 43.1 Å². The molecule has 4 rings (SSSR count). The van der Waals surface area contributed by atoms with Gasteiger partial charge in [-0.05, 0) is 57.2 Å². The summed E-state index contributed by atoms with van der Waals surface area (Å²) >= 11 is 0. The van der Waals surface area contributed by atoms with Gasteiger partial charge in [-0.3, -0.25) is 4.57 Å². The Bertz CT molecular complexity index is 830.